The molecular weight excluding hydrogens is 304 g/mol. The molecule has 19 heavy (non-hydrogen) atoms. The summed E-state index contributed by atoms with van der Waals surface area (Å²) >= 11 is 3.45. The first-order valence-electron chi connectivity index (χ1n) is 6.73. The van der Waals surface area contributed by atoms with Gasteiger partial charge < -0.3 is 5.32 Å². The highest BCUT2D eigenvalue weighted by Gasteiger charge is 2.34. The lowest BCUT2D eigenvalue weighted by atomic mass is 9.91. The van der Waals surface area contributed by atoms with E-state index in [1.54, 1.807) is 0 Å². The summed E-state index contributed by atoms with van der Waals surface area (Å²) in [6, 6.07) is 7.99. The molecule has 1 saturated heterocycles. The summed E-state index contributed by atoms with van der Waals surface area (Å²) < 4.78 is 1.03. The molecule has 1 aliphatic rings. The fraction of sp³-hybridized carbons (Fsp3) is 0.533. The van der Waals surface area contributed by atoms with Crippen molar-refractivity contribution in [2.75, 3.05) is 26.2 Å². The van der Waals surface area contributed by atoms with Crippen molar-refractivity contribution < 1.29 is 4.79 Å². The molecule has 0 spiro atoms. The number of carbonyl (C=O) groups excluding carboxylic acids is 1. The molecule has 0 unspecified atom stereocenters. The second kappa shape index (κ2) is 6.16. The summed E-state index contributed by atoms with van der Waals surface area (Å²) in [5.41, 5.74) is 0.687. The molecule has 0 saturated carbocycles. The lowest BCUT2D eigenvalue weighted by molar-refractivity contribution is -0.129. The van der Waals surface area contributed by atoms with Crippen LogP contribution in [0.15, 0.2) is 28.7 Å². The Bertz CT molecular complexity index is 453. The zero-order chi connectivity index (χ0) is 13.9. The van der Waals surface area contributed by atoms with E-state index < -0.39 is 0 Å². The van der Waals surface area contributed by atoms with Gasteiger partial charge in [-0.25, -0.2) is 0 Å². The smallest absolute Gasteiger partial charge is 0.156 e. The fourth-order valence-corrected chi connectivity index (χ4v) is 2.90. The maximum absolute atomic E-state index is 12.6. The second-order valence-corrected chi connectivity index (χ2v) is 6.44. The largest absolute Gasteiger partial charge is 0.314 e. The van der Waals surface area contributed by atoms with Gasteiger partial charge in [0.05, 0.1) is 5.54 Å². The number of ketones is 1. The van der Waals surface area contributed by atoms with Crippen LogP contribution in [0.3, 0.4) is 0 Å². The van der Waals surface area contributed by atoms with E-state index in [-0.39, 0.29) is 11.3 Å². The highest BCUT2D eigenvalue weighted by molar-refractivity contribution is 9.10. The van der Waals surface area contributed by atoms with E-state index in [1.807, 2.05) is 38.1 Å². The molecule has 1 heterocycles. The molecule has 0 radical (unpaired) electrons. The first-order valence-corrected chi connectivity index (χ1v) is 7.53. The van der Waals surface area contributed by atoms with Crippen molar-refractivity contribution in [1.29, 1.82) is 0 Å². The predicted molar refractivity (Wildman–Crippen MR) is 81.4 cm³/mol. The van der Waals surface area contributed by atoms with Crippen molar-refractivity contribution in [3.63, 3.8) is 0 Å². The molecule has 2 rings (SSSR count). The number of halogens is 1. The average molecular weight is 325 g/mol. The summed E-state index contributed by atoms with van der Waals surface area (Å²) in [5.74, 6) is 0.285. The maximum atomic E-state index is 12.6. The van der Waals surface area contributed by atoms with E-state index in [0.29, 0.717) is 6.42 Å². The van der Waals surface area contributed by atoms with Crippen LogP contribution in [0.2, 0.25) is 0 Å². The highest BCUT2D eigenvalue weighted by atomic mass is 79.9. The number of piperazine rings is 1. The van der Waals surface area contributed by atoms with Crippen LogP contribution in [0.4, 0.5) is 0 Å². The number of hydrogen-bond donors (Lipinski definition) is 1. The van der Waals surface area contributed by atoms with Crippen LogP contribution < -0.4 is 5.32 Å². The van der Waals surface area contributed by atoms with Gasteiger partial charge in [-0.2, -0.15) is 0 Å². The van der Waals surface area contributed by atoms with Gasteiger partial charge in [-0.15, -0.1) is 0 Å². The van der Waals surface area contributed by atoms with Gasteiger partial charge >= 0.3 is 0 Å². The number of benzene rings is 1. The number of carbonyl (C=O) groups is 1. The van der Waals surface area contributed by atoms with Gasteiger partial charge in [-0.05, 0) is 31.5 Å². The van der Waals surface area contributed by atoms with Crippen molar-refractivity contribution in [3.05, 3.63) is 34.3 Å². The van der Waals surface area contributed by atoms with Gasteiger partial charge in [0.2, 0.25) is 0 Å². The second-order valence-electron chi connectivity index (χ2n) is 5.53. The quantitative estimate of drug-likeness (QED) is 0.922. The third-order valence-corrected chi connectivity index (χ3v) is 4.34. The molecule has 3 nitrogen and oxygen atoms in total. The van der Waals surface area contributed by atoms with E-state index in [9.17, 15) is 4.79 Å². The van der Waals surface area contributed by atoms with Gasteiger partial charge in [-0.3, -0.25) is 9.69 Å². The van der Waals surface area contributed by atoms with Crippen LogP contribution in [0.5, 0.6) is 0 Å². The minimum atomic E-state index is -0.385. The average Bonchev–Trinajstić information content (AvgIpc) is 2.39. The minimum absolute atomic E-state index is 0.285. The van der Waals surface area contributed by atoms with Gasteiger partial charge in [0.1, 0.15) is 0 Å². The Labute approximate surface area is 123 Å². The van der Waals surface area contributed by atoms with Crippen LogP contribution >= 0.6 is 15.9 Å². The summed E-state index contributed by atoms with van der Waals surface area (Å²) in [6.07, 6.45) is 0.496. The van der Waals surface area contributed by atoms with Crippen LogP contribution in [0.25, 0.3) is 0 Å². The van der Waals surface area contributed by atoms with Gasteiger partial charge in [-0.1, -0.05) is 28.1 Å². The summed E-state index contributed by atoms with van der Waals surface area (Å²) in [4.78, 5) is 14.8. The fourth-order valence-electron chi connectivity index (χ4n) is 2.45. The highest BCUT2D eigenvalue weighted by Crippen LogP contribution is 2.20. The van der Waals surface area contributed by atoms with Crippen molar-refractivity contribution in [3.8, 4) is 0 Å². The minimum Gasteiger partial charge on any atom is -0.314 e. The van der Waals surface area contributed by atoms with Crippen molar-refractivity contribution in [1.82, 2.24) is 10.2 Å². The summed E-state index contributed by atoms with van der Waals surface area (Å²) in [6.45, 7) is 7.90. The normalized spacial score (nSPS) is 17.4. The van der Waals surface area contributed by atoms with Crippen molar-refractivity contribution in [2.45, 2.75) is 25.8 Å². The molecule has 0 aliphatic carbocycles. The van der Waals surface area contributed by atoms with Crippen LogP contribution in [0, 0.1) is 0 Å². The lowest BCUT2D eigenvalue weighted by Crippen LogP contribution is -2.57. The molecule has 1 aliphatic heterocycles. The Morgan fingerprint density at radius 2 is 2.05 bits per heavy atom. The third kappa shape index (κ3) is 3.65. The van der Waals surface area contributed by atoms with Crippen LogP contribution in [-0.4, -0.2) is 42.4 Å². The molecule has 0 aromatic heterocycles. The van der Waals surface area contributed by atoms with Gasteiger partial charge in [0.25, 0.3) is 0 Å². The molecule has 1 fully saturated rings. The Balaban J connectivity index is 2.05. The Morgan fingerprint density at radius 3 is 2.68 bits per heavy atom. The predicted octanol–water partition coefficient (Wildman–Crippen LogP) is 2.24. The van der Waals surface area contributed by atoms with Gasteiger partial charge in [0.15, 0.2) is 5.78 Å². The van der Waals surface area contributed by atoms with Crippen LogP contribution in [-0.2, 0) is 11.2 Å². The molecule has 0 atom stereocenters. The number of nitrogens with one attached hydrogen (secondary N) is 1. The molecule has 1 aromatic rings. The van der Waals surface area contributed by atoms with Crippen molar-refractivity contribution >= 4 is 21.7 Å². The monoisotopic (exact) mass is 324 g/mol. The standard InChI is InChI=1S/C15H21BrN2O/c1-15(2,18-8-6-17-7-9-18)14(19)11-12-4-3-5-13(16)10-12/h3-5,10,17H,6-9,11H2,1-2H3. The zero-order valence-corrected chi connectivity index (χ0v) is 13.2. The van der Waals surface area contributed by atoms with E-state index in [0.717, 1.165) is 36.2 Å². The number of rotatable bonds is 4. The Kier molecular flexibility index (Phi) is 4.76. The number of nitrogens with zero attached hydrogens (tertiary/aromatic N) is 1. The third-order valence-electron chi connectivity index (χ3n) is 3.84. The molecule has 1 aromatic carbocycles. The first kappa shape index (κ1) is 14.7. The molecule has 0 bridgehead atoms. The summed E-state index contributed by atoms with van der Waals surface area (Å²) in [5, 5.41) is 3.32. The number of Topliss-reactive ketones (excluding diaryl/α,β-unsaturated/α-hetero) is 1. The topological polar surface area (TPSA) is 32.3 Å². The van der Waals surface area contributed by atoms with Gasteiger partial charge in [0, 0.05) is 37.1 Å². The number of hydrogen-bond acceptors (Lipinski definition) is 3. The lowest BCUT2D eigenvalue weighted by Gasteiger charge is -2.40. The molecule has 0 amide bonds. The molecule has 4 heteroatoms. The zero-order valence-electron chi connectivity index (χ0n) is 11.6. The van der Waals surface area contributed by atoms with E-state index >= 15 is 0 Å². The van der Waals surface area contributed by atoms with E-state index in [2.05, 4.69) is 26.1 Å². The summed E-state index contributed by atoms with van der Waals surface area (Å²) in [7, 11) is 0. The SMILES string of the molecule is CC(C)(C(=O)Cc1cccc(Br)c1)N1CCNCC1. The molecule has 1 N–H and O–H groups in total. The van der Waals surface area contributed by atoms with Crippen LogP contribution in [0.1, 0.15) is 19.4 Å². The molecule has 104 valence electrons. The maximum Gasteiger partial charge on any atom is 0.156 e. The van der Waals surface area contributed by atoms with E-state index in [4.69, 9.17) is 0 Å². The first-order chi connectivity index (χ1) is 9.00. The molecular formula is C15H21BrN2O. The van der Waals surface area contributed by atoms with Crippen molar-refractivity contribution in [2.24, 2.45) is 0 Å². The Hall–Kier alpha value is -0.710. The Morgan fingerprint density at radius 1 is 1.37 bits per heavy atom. The van der Waals surface area contributed by atoms with E-state index in [1.165, 1.54) is 0 Å².